The van der Waals surface area contributed by atoms with Crippen LogP contribution in [0.3, 0.4) is 0 Å². The molecule has 4 rings (SSSR count). The van der Waals surface area contributed by atoms with Crippen molar-refractivity contribution in [2.45, 2.75) is 44.6 Å². The highest BCUT2D eigenvalue weighted by Crippen LogP contribution is 2.45. The van der Waals surface area contributed by atoms with Gasteiger partial charge in [-0.15, -0.1) is 0 Å². The molecule has 158 valence electrons. The molecule has 2 unspecified atom stereocenters. The lowest BCUT2D eigenvalue weighted by molar-refractivity contribution is -0.144. The van der Waals surface area contributed by atoms with Crippen LogP contribution in [0, 0.1) is 17.3 Å². The Labute approximate surface area is 173 Å². The number of piperidine rings is 3. The van der Waals surface area contributed by atoms with E-state index >= 15 is 0 Å². The van der Waals surface area contributed by atoms with Crippen molar-refractivity contribution in [1.29, 1.82) is 0 Å². The first-order valence-corrected chi connectivity index (χ1v) is 11.1. The third-order valence-electron chi connectivity index (χ3n) is 7.45. The van der Waals surface area contributed by atoms with E-state index in [-0.39, 0.29) is 11.5 Å². The smallest absolute Gasteiger partial charge is 0.306 e. The zero-order chi connectivity index (χ0) is 20.3. The lowest BCUT2D eigenvalue weighted by atomic mass is 9.61. The molecule has 0 spiro atoms. The second-order valence-corrected chi connectivity index (χ2v) is 8.90. The van der Waals surface area contributed by atoms with Gasteiger partial charge in [-0.3, -0.25) is 9.59 Å². The molecule has 0 radical (unpaired) electrons. The van der Waals surface area contributed by atoms with Crippen LogP contribution in [0.25, 0.3) is 0 Å². The minimum atomic E-state index is -0.767. The molecule has 0 bridgehead atoms. The van der Waals surface area contributed by atoms with Crippen LogP contribution in [0.15, 0.2) is 30.3 Å². The van der Waals surface area contributed by atoms with E-state index < -0.39 is 11.9 Å². The summed E-state index contributed by atoms with van der Waals surface area (Å²) >= 11 is 0. The predicted molar refractivity (Wildman–Crippen MR) is 113 cm³/mol. The van der Waals surface area contributed by atoms with Crippen molar-refractivity contribution < 1.29 is 14.7 Å². The van der Waals surface area contributed by atoms with Gasteiger partial charge in [-0.2, -0.15) is 0 Å². The van der Waals surface area contributed by atoms with Gasteiger partial charge in [0, 0.05) is 17.6 Å². The highest BCUT2D eigenvalue weighted by molar-refractivity contribution is 5.93. The van der Waals surface area contributed by atoms with Crippen molar-refractivity contribution in [1.82, 2.24) is 10.6 Å². The van der Waals surface area contributed by atoms with E-state index in [1.807, 2.05) is 30.3 Å². The Morgan fingerprint density at radius 3 is 2.28 bits per heavy atom. The maximum absolute atomic E-state index is 14.2. The summed E-state index contributed by atoms with van der Waals surface area (Å²) in [6.45, 7) is 4.31. The van der Waals surface area contributed by atoms with Crippen LogP contribution in [0.2, 0.25) is 0 Å². The Morgan fingerprint density at radius 1 is 0.966 bits per heavy atom. The lowest BCUT2D eigenvalue weighted by Gasteiger charge is -2.49. The molecule has 3 aliphatic heterocycles. The summed E-state index contributed by atoms with van der Waals surface area (Å²) in [7, 11) is 0. The SMILES string of the molecule is O=C(O)C1CCN(c2ccccc2)C(C(=O)C2(C3CCNCC3)CCNCC2)C1. The molecular formula is C23H33N3O3. The third-order valence-corrected chi connectivity index (χ3v) is 7.45. The van der Waals surface area contributed by atoms with Crippen LogP contribution in [0.4, 0.5) is 5.69 Å². The van der Waals surface area contributed by atoms with E-state index in [1.165, 1.54) is 0 Å². The minimum absolute atomic E-state index is 0.292. The van der Waals surface area contributed by atoms with Gasteiger partial charge in [0.25, 0.3) is 0 Å². The number of nitrogens with one attached hydrogen (secondary N) is 2. The van der Waals surface area contributed by atoms with Crippen LogP contribution in [-0.4, -0.2) is 55.6 Å². The van der Waals surface area contributed by atoms with Crippen molar-refractivity contribution in [3.8, 4) is 0 Å². The molecule has 0 aliphatic carbocycles. The molecule has 3 aliphatic rings. The fourth-order valence-electron chi connectivity index (χ4n) is 5.80. The van der Waals surface area contributed by atoms with E-state index in [2.05, 4.69) is 15.5 Å². The summed E-state index contributed by atoms with van der Waals surface area (Å²) in [5.74, 6) is -0.519. The van der Waals surface area contributed by atoms with Gasteiger partial charge in [0.2, 0.25) is 0 Å². The van der Waals surface area contributed by atoms with Crippen LogP contribution < -0.4 is 15.5 Å². The molecule has 2 atom stereocenters. The van der Waals surface area contributed by atoms with Crippen molar-refractivity contribution in [3.63, 3.8) is 0 Å². The maximum atomic E-state index is 14.2. The molecule has 6 heteroatoms. The van der Waals surface area contributed by atoms with E-state index in [0.717, 1.165) is 57.5 Å². The Bertz CT molecular complexity index is 711. The Morgan fingerprint density at radius 2 is 1.62 bits per heavy atom. The molecule has 0 amide bonds. The average molecular weight is 400 g/mol. The number of ketones is 1. The van der Waals surface area contributed by atoms with E-state index in [4.69, 9.17) is 0 Å². The standard InChI is InChI=1S/C23H33N3O3/c27-21(23(9-13-25-14-10-23)18-6-11-24-12-7-18)20-16-17(22(28)29)8-15-26(20)19-4-2-1-3-5-19/h1-5,17-18,20,24-25H,6-16H2,(H,28,29). The highest BCUT2D eigenvalue weighted by atomic mass is 16.4. The van der Waals surface area contributed by atoms with E-state index in [9.17, 15) is 14.7 Å². The predicted octanol–water partition coefficient (Wildman–Crippen LogP) is 2.29. The number of benzene rings is 1. The Hall–Kier alpha value is -1.92. The number of hydrogen-bond acceptors (Lipinski definition) is 5. The number of para-hydroxylation sites is 1. The van der Waals surface area contributed by atoms with Gasteiger partial charge < -0.3 is 20.6 Å². The number of aliphatic carboxylic acids is 1. The molecule has 3 N–H and O–H groups in total. The van der Waals surface area contributed by atoms with Gasteiger partial charge in [-0.1, -0.05) is 18.2 Å². The summed E-state index contributed by atoms with van der Waals surface area (Å²) < 4.78 is 0. The van der Waals surface area contributed by atoms with Crippen LogP contribution in [0.5, 0.6) is 0 Å². The van der Waals surface area contributed by atoms with Crippen LogP contribution in [0.1, 0.15) is 38.5 Å². The fraction of sp³-hybridized carbons (Fsp3) is 0.652. The van der Waals surface area contributed by atoms with Gasteiger partial charge in [0.05, 0.1) is 12.0 Å². The van der Waals surface area contributed by atoms with Gasteiger partial charge in [0.1, 0.15) is 0 Å². The largest absolute Gasteiger partial charge is 0.481 e. The highest BCUT2D eigenvalue weighted by Gasteiger charge is 2.51. The molecule has 3 heterocycles. The number of carbonyl (C=O) groups excluding carboxylic acids is 1. The van der Waals surface area contributed by atoms with Gasteiger partial charge in [-0.05, 0) is 82.8 Å². The number of nitrogens with zero attached hydrogens (tertiary/aromatic N) is 1. The van der Waals surface area contributed by atoms with Gasteiger partial charge >= 0.3 is 5.97 Å². The zero-order valence-electron chi connectivity index (χ0n) is 17.1. The first-order valence-electron chi connectivity index (χ1n) is 11.1. The summed E-state index contributed by atoms with van der Waals surface area (Å²) in [5, 5.41) is 16.5. The molecule has 1 aromatic carbocycles. The zero-order valence-corrected chi connectivity index (χ0v) is 17.1. The topological polar surface area (TPSA) is 81.7 Å². The van der Waals surface area contributed by atoms with Crippen molar-refractivity contribution in [2.24, 2.45) is 17.3 Å². The molecule has 3 saturated heterocycles. The first kappa shape index (κ1) is 20.4. The van der Waals surface area contributed by atoms with Gasteiger partial charge in [0.15, 0.2) is 5.78 Å². The van der Waals surface area contributed by atoms with Crippen molar-refractivity contribution in [3.05, 3.63) is 30.3 Å². The van der Waals surface area contributed by atoms with Crippen molar-refractivity contribution >= 4 is 17.4 Å². The number of carbonyl (C=O) groups is 2. The number of anilines is 1. The normalized spacial score (nSPS) is 28.1. The number of hydrogen-bond donors (Lipinski definition) is 3. The van der Waals surface area contributed by atoms with Crippen LogP contribution >= 0.6 is 0 Å². The van der Waals surface area contributed by atoms with E-state index in [0.29, 0.717) is 31.1 Å². The molecule has 3 fully saturated rings. The second-order valence-electron chi connectivity index (χ2n) is 8.90. The first-order chi connectivity index (χ1) is 14.1. The average Bonchev–Trinajstić information content (AvgIpc) is 2.79. The summed E-state index contributed by atoms with van der Waals surface area (Å²) in [6.07, 6.45) is 4.82. The van der Waals surface area contributed by atoms with E-state index in [1.54, 1.807) is 0 Å². The molecule has 6 nitrogen and oxygen atoms in total. The molecule has 0 aromatic heterocycles. The third kappa shape index (κ3) is 4.05. The summed E-state index contributed by atoms with van der Waals surface area (Å²) in [4.78, 5) is 28.2. The molecule has 1 aromatic rings. The molecular weight excluding hydrogens is 366 g/mol. The van der Waals surface area contributed by atoms with Gasteiger partial charge in [-0.25, -0.2) is 0 Å². The summed E-state index contributed by atoms with van der Waals surface area (Å²) in [6, 6.07) is 9.70. The number of carboxylic acid groups (broad SMARTS) is 1. The quantitative estimate of drug-likeness (QED) is 0.705. The second kappa shape index (κ2) is 8.84. The fourth-order valence-corrected chi connectivity index (χ4v) is 5.80. The number of carboxylic acids is 1. The number of Topliss-reactive ketones (excluding diaryl/α,β-unsaturated/α-hetero) is 1. The Kier molecular flexibility index (Phi) is 6.20. The number of rotatable bonds is 5. The monoisotopic (exact) mass is 399 g/mol. The summed E-state index contributed by atoms with van der Waals surface area (Å²) in [5.41, 5.74) is 0.704. The molecule has 0 saturated carbocycles. The minimum Gasteiger partial charge on any atom is -0.481 e. The maximum Gasteiger partial charge on any atom is 0.306 e. The van der Waals surface area contributed by atoms with Crippen LogP contribution in [-0.2, 0) is 9.59 Å². The molecule has 29 heavy (non-hydrogen) atoms. The Balaban J connectivity index is 1.67. The van der Waals surface area contributed by atoms with Crippen molar-refractivity contribution in [2.75, 3.05) is 37.6 Å². The lowest BCUT2D eigenvalue weighted by Crippen LogP contribution is -2.58.